The maximum atomic E-state index is 11.5. The van der Waals surface area contributed by atoms with Gasteiger partial charge in [0.2, 0.25) is 0 Å². The van der Waals surface area contributed by atoms with Crippen LogP contribution < -0.4 is 0 Å². The van der Waals surface area contributed by atoms with Crippen LogP contribution in [0.2, 0.25) is 0 Å². The smallest absolute Gasteiger partial charge is 0.337 e. The number of carbonyl (C=O) groups excluding carboxylic acids is 1. The maximum absolute atomic E-state index is 11.5. The van der Waals surface area contributed by atoms with Gasteiger partial charge in [-0.3, -0.25) is 0 Å². The van der Waals surface area contributed by atoms with E-state index in [1.165, 1.54) is 0 Å². The second-order valence-corrected chi connectivity index (χ2v) is 2.79. The van der Waals surface area contributed by atoms with Gasteiger partial charge in [0.1, 0.15) is 6.61 Å². The minimum absolute atomic E-state index is 0.0912. The van der Waals surface area contributed by atoms with Gasteiger partial charge in [-0.25, -0.2) is 9.18 Å². The summed E-state index contributed by atoms with van der Waals surface area (Å²) in [5.74, 6) is -0.372. The van der Waals surface area contributed by atoms with Crippen molar-refractivity contribution in [2.75, 3.05) is 20.1 Å². The van der Waals surface area contributed by atoms with E-state index in [0.717, 1.165) is 12.8 Å². The van der Waals surface area contributed by atoms with Crippen molar-refractivity contribution in [3.8, 4) is 0 Å². The van der Waals surface area contributed by atoms with Crippen LogP contribution in [0.4, 0.5) is 4.39 Å². The summed E-state index contributed by atoms with van der Waals surface area (Å²) < 4.78 is 20.7. The van der Waals surface area contributed by atoms with Gasteiger partial charge >= 0.3 is 5.97 Å². The molecule has 1 rings (SSSR count). The van der Waals surface area contributed by atoms with Crippen LogP contribution in [0.5, 0.6) is 0 Å². The van der Waals surface area contributed by atoms with Crippen LogP contribution in [0.25, 0.3) is 0 Å². The highest BCUT2D eigenvalue weighted by atomic mass is 19.1. The minimum Gasteiger partial charge on any atom is -0.460 e. The normalized spacial score (nSPS) is 15.1. The topological polar surface area (TPSA) is 35.5 Å². The number of hydrogen-bond acceptors (Lipinski definition) is 3. The third-order valence-electron chi connectivity index (χ3n) is 1.77. The Hall–Kier alpha value is -1.16. The molecule has 0 saturated heterocycles. The van der Waals surface area contributed by atoms with Crippen molar-refractivity contribution in [3.63, 3.8) is 0 Å². The number of esters is 1. The Bertz CT molecular complexity index is 246. The number of carbonyl (C=O) groups is 1. The standard InChI is InChI=1S/C10H13FO3/c11-8-13-6-7-14-10(12)9-4-2-1-3-5-9/h2,4-5H,1,3,6-8H2. The zero-order chi connectivity index (χ0) is 10.2. The van der Waals surface area contributed by atoms with Crippen molar-refractivity contribution >= 4 is 5.97 Å². The summed E-state index contributed by atoms with van der Waals surface area (Å²) in [5.41, 5.74) is 0.566. The van der Waals surface area contributed by atoms with E-state index in [1.54, 1.807) is 6.08 Å². The van der Waals surface area contributed by atoms with Gasteiger partial charge in [-0.1, -0.05) is 18.2 Å². The Morgan fingerprint density at radius 1 is 1.43 bits per heavy atom. The Labute approximate surface area is 82.2 Å². The molecule has 1 aliphatic carbocycles. The highest BCUT2D eigenvalue weighted by Crippen LogP contribution is 2.10. The number of ether oxygens (including phenoxy) is 2. The molecule has 0 radical (unpaired) electrons. The molecule has 0 fully saturated rings. The third kappa shape index (κ3) is 3.70. The molecule has 0 aromatic carbocycles. The lowest BCUT2D eigenvalue weighted by molar-refractivity contribution is -0.140. The number of allylic oxidation sites excluding steroid dienone is 2. The van der Waals surface area contributed by atoms with E-state index >= 15 is 0 Å². The van der Waals surface area contributed by atoms with Crippen molar-refractivity contribution in [1.29, 1.82) is 0 Å². The molecule has 4 heteroatoms. The van der Waals surface area contributed by atoms with E-state index in [-0.39, 0.29) is 19.2 Å². The molecule has 0 unspecified atom stereocenters. The summed E-state index contributed by atoms with van der Waals surface area (Å²) in [5, 5.41) is 0. The molecule has 0 aromatic rings. The average molecular weight is 200 g/mol. The predicted molar refractivity (Wildman–Crippen MR) is 49.3 cm³/mol. The monoisotopic (exact) mass is 200 g/mol. The van der Waals surface area contributed by atoms with Gasteiger partial charge in [0.15, 0.2) is 6.86 Å². The van der Waals surface area contributed by atoms with Gasteiger partial charge in [0.05, 0.1) is 12.2 Å². The van der Waals surface area contributed by atoms with Crippen molar-refractivity contribution < 1.29 is 18.7 Å². The minimum atomic E-state index is -0.847. The van der Waals surface area contributed by atoms with Crippen molar-refractivity contribution in [2.24, 2.45) is 0 Å². The first-order valence-electron chi connectivity index (χ1n) is 4.52. The van der Waals surface area contributed by atoms with Crippen LogP contribution in [-0.4, -0.2) is 26.0 Å². The van der Waals surface area contributed by atoms with Crippen molar-refractivity contribution in [1.82, 2.24) is 0 Å². The molecular weight excluding hydrogens is 187 g/mol. The molecule has 14 heavy (non-hydrogen) atoms. The Morgan fingerprint density at radius 2 is 2.29 bits per heavy atom. The predicted octanol–water partition coefficient (Wildman–Crippen LogP) is 1.75. The maximum Gasteiger partial charge on any atom is 0.337 e. The zero-order valence-corrected chi connectivity index (χ0v) is 7.87. The van der Waals surface area contributed by atoms with E-state index in [4.69, 9.17) is 4.74 Å². The van der Waals surface area contributed by atoms with E-state index in [0.29, 0.717) is 5.57 Å². The first-order valence-corrected chi connectivity index (χ1v) is 4.52. The lowest BCUT2D eigenvalue weighted by atomic mass is 10.1. The SMILES string of the molecule is O=C(OCCOCF)C1=CCCC=C1. The summed E-state index contributed by atoms with van der Waals surface area (Å²) in [4.78, 5) is 11.3. The van der Waals surface area contributed by atoms with Gasteiger partial charge in [-0.15, -0.1) is 0 Å². The fourth-order valence-corrected chi connectivity index (χ4v) is 1.10. The second-order valence-electron chi connectivity index (χ2n) is 2.79. The van der Waals surface area contributed by atoms with E-state index < -0.39 is 6.86 Å². The molecule has 0 aliphatic heterocycles. The molecule has 0 amide bonds. The Balaban J connectivity index is 2.21. The first-order chi connectivity index (χ1) is 6.84. The van der Waals surface area contributed by atoms with E-state index in [2.05, 4.69) is 4.74 Å². The summed E-state index contributed by atoms with van der Waals surface area (Å²) in [6.07, 6.45) is 7.32. The van der Waals surface area contributed by atoms with Crippen LogP contribution in [0.3, 0.4) is 0 Å². The largest absolute Gasteiger partial charge is 0.460 e. The molecule has 3 nitrogen and oxygen atoms in total. The van der Waals surface area contributed by atoms with Gasteiger partial charge in [0, 0.05) is 0 Å². The first kappa shape index (κ1) is 10.9. The van der Waals surface area contributed by atoms with Crippen LogP contribution in [0, 0.1) is 0 Å². The van der Waals surface area contributed by atoms with Crippen molar-refractivity contribution in [3.05, 3.63) is 23.8 Å². The van der Waals surface area contributed by atoms with E-state index in [1.807, 2.05) is 12.2 Å². The van der Waals surface area contributed by atoms with Crippen LogP contribution in [-0.2, 0) is 14.3 Å². The molecule has 1 aliphatic rings. The van der Waals surface area contributed by atoms with Gasteiger partial charge in [-0.05, 0) is 12.8 Å². The molecule has 0 heterocycles. The number of rotatable bonds is 5. The average Bonchev–Trinajstić information content (AvgIpc) is 2.25. The molecule has 0 aromatic heterocycles. The van der Waals surface area contributed by atoms with E-state index in [9.17, 15) is 9.18 Å². The molecule has 0 saturated carbocycles. The zero-order valence-electron chi connectivity index (χ0n) is 7.87. The van der Waals surface area contributed by atoms with Crippen LogP contribution in [0.1, 0.15) is 12.8 Å². The van der Waals surface area contributed by atoms with Crippen LogP contribution in [0.15, 0.2) is 23.8 Å². The van der Waals surface area contributed by atoms with Gasteiger partial charge in [-0.2, -0.15) is 0 Å². The molecule has 78 valence electrons. The third-order valence-corrected chi connectivity index (χ3v) is 1.77. The lowest BCUT2D eigenvalue weighted by Gasteiger charge is -2.07. The van der Waals surface area contributed by atoms with Crippen LogP contribution >= 0.6 is 0 Å². The molecule has 0 bridgehead atoms. The highest BCUT2D eigenvalue weighted by molar-refractivity contribution is 5.91. The Morgan fingerprint density at radius 3 is 2.93 bits per heavy atom. The number of alkyl halides is 1. The molecular formula is C10H13FO3. The fourth-order valence-electron chi connectivity index (χ4n) is 1.10. The Kier molecular flexibility index (Phi) is 4.93. The quantitative estimate of drug-likeness (QED) is 0.501. The fraction of sp³-hybridized carbons (Fsp3) is 0.500. The molecule has 0 atom stereocenters. The summed E-state index contributed by atoms with van der Waals surface area (Å²) in [6.45, 7) is -0.659. The number of halogens is 1. The molecule has 0 N–H and O–H groups in total. The number of hydrogen-bond donors (Lipinski definition) is 0. The second kappa shape index (κ2) is 6.32. The summed E-state index contributed by atoms with van der Waals surface area (Å²) in [7, 11) is 0. The summed E-state index contributed by atoms with van der Waals surface area (Å²) >= 11 is 0. The van der Waals surface area contributed by atoms with Crippen molar-refractivity contribution in [2.45, 2.75) is 12.8 Å². The van der Waals surface area contributed by atoms with Gasteiger partial charge < -0.3 is 9.47 Å². The highest BCUT2D eigenvalue weighted by Gasteiger charge is 2.08. The lowest BCUT2D eigenvalue weighted by Crippen LogP contribution is -2.12. The summed E-state index contributed by atoms with van der Waals surface area (Å²) in [6, 6.07) is 0. The molecule has 0 spiro atoms. The van der Waals surface area contributed by atoms with Gasteiger partial charge in [0.25, 0.3) is 0 Å².